The van der Waals surface area contributed by atoms with Gasteiger partial charge in [-0.1, -0.05) is 30.4 Å². The molecule has 4 aromatic rings. The molecule has 0 unspecified atom stereocenters. The summed E-state index contributed by atoms with van der Waals surface area (Å²) in [5.74, 6) is -1.22. The number of thiocarbonyl (C=S) groups is 1. The summed E-state index contributed by atoms with van der Waals surface area (Å²) < 4.78 is 50.5. The van der Waals surface area contributed by atoms with E-state index >= 15 is 0 Å². The number of carbonyl (C=O) groups excluding carboxylic acids is 1. The van der Waals surface area contributed by atoms with Crippen LogP contribution in [0.3, 0.4) is 0 Å². The fraction of sp³-hybridized carbons (Fsp3) is 0.120. The molecule has 1 heterocycles. The molecule has 0 aliphatic rings. The molecule has 11 heteroatoms. The predicted octanol–water partition coefficient (Wildman–Crippen LogP) is 4.01. The van der Waals surface area contributed by atoms with Gasteiger partial charge in [0.05, 0.1) is 17.2 Å². The molecule has 0 saturated heterocycles. The van der Waals surface area contributed by atoms with Crippen molar-refractivity contribution in [3.63, 3.8) is 0 Å². The van der Waals surface area contributed by atoms with E-state index in [2.05, 4.69) is 5.32 Å². The Balaban J connectivity index is 1.46. The smallest absolute Gasteiger partial charge is 0.287 e. The van der Waals surface area contributed by atoms with Gasteiger partial charge in [-0.2, -0.15) is 0 Å². The zero-order chi connectivity index (χ0) is 25.7. The molecular weight excluding hydrogens is 507 g/mol. The van der Waals surface area contributed by atoms with Gasteiger partial charge in [0.1, 0.15) is 28.7 Å². The number of nitrogens with one attached hydrogen (secondary N) is 2. The highest BCUT2D eigenvalue weighted by molar-refractivity contribution is 7.90. The van der Waals surface area contributed by atoms with Gasteiger partial charge in [-0.25, -0.2) is 12.8 Å². The third kappa shape index (κ3) is 5.70. The standard InChI is InChI=1S/C25H21FN2O6S2/c26-17-7-11-19(12-8-17)36(31,32)15-21-20-3-1-2-4-22(20)34-23(21)24(29)27-13-14-33-18-9-5-16(6-10-18)25(35)28-30/h1-12,30H,13-15H2,(H,27,29)(H,28,35). The Labute approximate surface area is 211 Å². The summed E-state index contributed by atoms with van der Waals surface area (Å²) in [5, 5.41) is 12.0. The maximum atomic E-state index is 13.3. The average molecular weight is 529 g/mol. The second-order valence-electron chi connectivity index (χ2n) is 7.69. The van der Waals surface area contributed by atoms with E-state index < -0.39 is 27.3 Å². The third-order valence-electron chi connectivity index (χ3n) is 5.29. The van der Waals surface area contributed by atoms with Crippen LogP contribution in [0.2, 0.25) is 0 Å². The van der Waals surface area contributed by atoms with E-state index in [0.29, 0.717) is 22.3 Å². The molecule has 0 aliphatic heterocycles. The molecule has 0 aliphatic carbocycles. The summed E-state index contributed by atoms with van der Waals surface area (Å²) in [6.45, 7) is 0.260. The van der Waals surface area contributed by atoms with Crippen LogP contribution in [-0.2, 0) is 15.6 Å². The van der Waals surface area contributed by atoms with Crippen LogP contribution in [0.1, 0.15) is 21.7 Å². The molecule has 36 heavy (non-hydrogen) atoms. The first-order chi connectivity index (χ1) is 17.3. The number of furan rings is 1. The Kier molecular flexibility index (Phi) is 7.63. The van der Waals surface area contributed by atoms with Crippen molar-refractivity contribution in [1.29, 1.82) is 0 Å². The Bertz CT molecular complexity index is 1500. The number of para-hydroxylation sites is 1. The normalized spacial score (nSPS) is 11.3. The van der Waals surface area contributed by atoms with Gasteiger partial charge in [-0.3, -0.25) is 15.5 Å². The molecule has 0 spiro atoms. The fourth-order valence-corrected chi connectivity index (χ4v) is 5.04. The summed E-state index contributed by atoms with van der Waals surface area (Å²) >= 11 is 4.94. The molecule has 3 aromatic carbocycles. The Morgan fingerprint density at radius 2 is 1.72 bits per heavy atom. The van der Waals surface area contributed by atoms with Gasteiger partial charge in [0.15, 0.2) is 15.6 Å². The van der Waals surface area contributed by atoms with Gasteiger partial charge in [-0.05, 0) is 54.6 Å². The minimum Gasteiger partial charge on any atom is -0.492 e. The molecule has 186 valence electrons. The zero-order valence-corrected chi connectivity index (χ0v) is 20.4. The number of hydroxylamine groups is 1. The molecule has 1 aromatic heterocycles. The van der Waals surface area contributed by atoms with E-state index in [1.54, 1.807) is 48.5 Å². The number of rotatable bonds is 9. The molecular formula is C25H21FN2O6S2. The number of benzene rings is 3. The number of sulfone groups is 1. The number of halogens is 1. The lowest BCUT2D eigenvalue weighted by atomic mass is 10.1. The van der Waals surface area contributed by atoms with E-state index in [-0.39, 0.29) is 34.4 Å². The first-order valence-electron chi connectivity index (χ1n) is 10.7. The zero-order valence-electron chi connectivity index (χ0n) is 18.7. The molecule has 3 N–H and O–H groups in total. The molecule has 0 fully saturated rings. The second-order valence-corrected chi connectivity index (χ2v) is 10.1. The van der Waals surface area contributed by atoms with Crippen molar-refractivity contribution in [2.24, 2.45) is 0 Å². The van der Waals surface area contributed by atoms with Crippen LogP contribution < -0.4 is 15.5 Å². The Morgan fingerprint density at radius 1 is 1.03 bits per heavy atom. The van der Waals surface area contributed by atoms with Gasteiger partial charge >= 0.3 is 0 Å². The lowest BCUT2D eigenvalue weighted by molar-refractivity contribution is 0.0920. The summed E-state index contributed by atoms with van der Waals surface area (Å²) in [6.07, 6.45) is 0. The Morgan fingerprint density at radius 3 is 2.42 bits per heavy atom. The van der Waals surface area contributed by atoms with E-state index in [1.807, 2.05) is 5.48 Å². The van der Waals surface area contributed by atoms with Crippen LogP contribution in [0.5, 0.6) is 5.75 Å². The number of hydrogen-bond acceptors (Lipinski definition) is 7. The topological polar surface area (TPSA) is 118 Å². The van der Waals surface area contributed by atoms with Crippen molar-refractivity contribution in [3.05, 3.63) is 95.5 Å². The van der Waals surface area contributed by atoms with Gasteiger partial charge in [-0.15, -0.1) is 0 Å². The Hall–Kier alpha value is -3.80. The molecule has 0 atom stereocenters. The maximum Gasteiger partial charge on any atom is 0.287 e. The van der Waals surface area contributed by atoms with Crippen molar-refractivity contribution >= 4 is 43.9 Å². The quantitative estimate of drug-likeness (QED) is 0.129. The van der Waals surface area contributed by atoms with Gasteiger partial charge in [0, 0.05) is 16.5 Å². The molecule has 4 rings (SSSR count). The lowest BCUT2D eigenvalue weighted by Gasteiger charge is -2.09. The van der Waals surface area contributed by atoms with Crippen LogP contribution in [0.25, 0.3) is 11.0 Å². The van der Waals surface area contributed by atoms with Crippen LogP contribution in [0.15, 0.2) is 82.1 Å². The van der Waals surface area contributed by atoms with E-state index in [4.69, 9.17) is 26.6 Å². The maximum absolute atomic E-state index is 13.3. The summed E-state index contributed by atoms with van der Waals surface area (Å²) in [5.41, 5.74) is 3.11. The molecule has 1 amide bonds. The number of fused-ring (bicyclic) bond motifs is 1. The minimum absolute atomic E-state index is 0.0597. The van der Waals surface area contributed by atoms with Gasteiger partial charge in [0.25, 0.3) is 5.91 Å². The monoisotopic (exact) mass is 528 g/mol. The average Bonchev–Trinajstić information content (AvgIpc) is 3.24. The predicted molar refractivity (Wildman–Crippen MR) is 134 cm³/mol. The molecule has 8 nitrogen and oxygen atoms in total. The second kappa shape index (κ2) is 10.9. The van der Waals surface area contributed by atoms with Crippen molar-refractivity contribution in [2.75, 3.05) is 13.2 Å². The van der Waals surface area contributed by atoms with Crippen molar-refractivity contribution in [1.82, 2.24) is 10.8 Å². The van der Waals surface area contributed by atoms with Crippen molar-refractivity contribution < 1.29 is 32.0 Å². The number of amides is 1. The van der Waals surface area contributed by atoms with Gasteiger partial charge in [0.2, 0.25) is 0 Å². The molecule has 0 bridgehead atoms. The van der Waals surface area contributed by atoms with Crippen molar-refractivity contribution in [3.8, 4) is 5.75 Å². The van der Waals surface area contributed by atoms with Crippen LogP contribution in [0.4, 0.5) is 4.39 Å². The summed E-state index contributed by atoms with van der Waals surface area (Å²) in [4.78, 5) is 13.0. The lowest BCUT2D eigenvalue weighted by Crippen LogP contribution is -2.28. The van der Waals surface area contributed by atoms with Crippen LogP contribution >= 0.6 is 12.2 Å². The first kappa shape index (κ1) is 25.3. The largest absolute Gasteiger partial charge is 0.492 e. The number of hydrogen-bond donors (Lipinski definition) is 3. The fourth-order valence-electron chi connectivity index (χ4n) is 3.52. The SMILES string of the molecule is O=C(NCCOc1ccc(C(=S)NO)cc1)c1oc2ccccc2c1CS(=O)(=O)c1ccc(F)cc1. The summed E-state index contributed by atoms with van der Waals surface area (Å²) in [7, 11) is -3.88. The van der Waals surface area contributed by atoms with Crippen LogP contribution in [0, 0.1) is 5.82 Å². The van der Waals surface area contributed by atoms with E-state index in [9.17, 15) is 17.6 Å². The highest BCUT2D eigenvalue weighted by Crippen LogP contribution is 2.29. The number of carbonyl (C=O) groups is 1. The highest BCUT2D eigenvalue weighted by Gasteiger charge is 2.26. The van der Waals surface area contributed by atoms with Crippen molar-refractivity contribution in [2.45, 2.75) is 10.6 Å². The van der Waals surface area contributed by atoms with E-state index in [1.165, 1.54) is 12.1 Å². The summed E-state index contributed by atoms with van der Waals surface area (Å²) in [6, 6.07) is 17.9. The minimum atomic E-state index is -3.88. The first-order valence-corrected chi connectivity index (χ1v) is 12.8. The molecule has 0 radical (unpaired) electrons. The highest BCUT2D eigenvalue weighted by atomic mass is 32.2. The third-order valence-corrected chi connectivity index (χ3v) is 7.27. The molecule has 0 saturated carbocycles. The van der Waals surface area contributed by atoms with Gasteiger partial charge < -0.3 is 14.5 Å². The number of ether oxygens (including phenoxy) is 1. The van der Waals surface area contributed by atoms with Crippen LogP contribution in [-0.4, -0.2) is 37.7 Å². The van der Waals surface area contributed by atoms with E-state index in [0.717, 1.165) is 12.1 Å².